The molecule has 0 aliphatic carbocycles. The Morgan fingerprint density at radius 1 is 1.37 bits per heavy atom. The molecule has 0 bridgehead atoms. The summed E-state index contributed by atoms with van der Waals surface area (Å²) in [5.74, 6) is -0.319. The van der Waals surface area contributed by atoms with Crippen molar-refractivity contribution < 1.29 is 13.2 Å². The molecule has 0 aliphatic rings. The molecule has 1 atom stereocenters. The van der Waals surface area contributed by atoms with Crippen LogP contribution in [0.4, 0.5) is 0 Å². The molecule has 0 saturated carbocycles. The zero-order valence-corrected chi connectivity index (χ0v) is 11.9. The number of nitrogens with zero attached hydrogens (tertiary/aromatic N) is 1. The Labute approximate surface area is 113 Å². The van der Waals surface area contributed by atoms with Gasteiger partial charge in [0.15, 0.2) is 0 Å². The smallest absolute Gasteiger partial charge is 0.237 e. The highest BCUT2D eigenvalue weighted by Gasteiger charge is 2.15. The molecule has 1 rings (SSSR count). The highest BCUT2D eigenvalue weighted by Crippen LogP contribution is 1.99. The fourth-order valence-corrected chi connectivity index (χ4v) is 2.33. The third kappa shape index (κ3) is 6.88. The van der Waals surface area contributed by atoms with E-state index in [4.69, 9.17) is 0 Å². The van der Waals surface area contributed by atoms with Gasteiger partial charge in [0.2, 0.25) is 15.9 Å². The maximum Gasteiger partial charge on any atom is 0.237 e. The van der Waals surface area contributed by atoms with E-state index in [9.17, 15) is 13.2 Å². The number of amides is 1. The van der Waals surface area contributed by atoms with Crippen LogP contribution in [-0.2, 0) is 21.2 Å². The number of hydrogen-bond donors (Lipinski definition) is 2. The maximum atomic E-state index is 11.6. The Morgan fingerprint density at radius 3 is 2.58 bits per heavy atom. The van der Waals surface area contributed by atoms with Crippen LogP contribution in [0.3, 0.4) is 0 Å². The number of rotatable bonds is 7. The fourth-order valence-electron chi connectivity index (χ4n) is 1.58. The SMILES string of the molecule is C[C@@H](NS(C)(=O)=O)C(=O)NCCCc1ccncc1. The summed E-state index contributed by atoms with van der Waals surface area (Å²) in [6.07, 6.45) is 6.12. The molecule has 0 aromatic carbocycles. The van der Waals surface area contributed by atoms with Gasteiger partial charge in [0.1, 0.15) is 0 Å². The Hall–Kier alpha value is -1.47. The second kappa shape index (κ2) is 7.20. The summed E-state index contributed by atoms with van der Waals surface area (Å²) in [4.78, 5) is 15.5. The summed E-state index contributed by atoms with van der Waals surface area (Å²) in [6, 6.07) is 3.10. The summed E-state index contributed by atoms with van der Waals surface area (Å²) in [6.45, 7) is 2.02. The average molecular weight is 285 g/mol. The number of hydrogen-bond acceptors (Lipinski definition) is 4. The molecular formula is C12H19N3O3S. The van der Waals surface area contributed by atoms with Crippen LogP contribution in [0.1, 0.15) is 18.9 Å². The van der Waals surface area contributed by atoms with Crippen LogP contribution in [0.2, 0.25) is 0 Å². The number of aromatic nitrogens is 1. The minimum Gasteiger partial charge on any atom is -0.355 e. The van der Waals surface area contributed by atoms with Gasteiger partial charge in [0.25, 0.3) is 0 Å². The van der Waals surface area contributed by atoms with Gasteiger partial charge in [-0.2, -0.15) is 0 Å². The van der Waals surface area contributed by atoms with E-state index in [0.717, 1.165) is 24.7 Å². The molecule has 1 aromatic heterocycles. The Kier molecular flexibility index (Phi) is 5.91. The highest BCUT2D eigenvalue weighted by molar-refractivity contribution is 7.88. The van der Waals surface area contributed by atoms with Crippen molar-refractivity contribution in [1.82, 2.24) is 15.0 Å². The lowest BCUT2D eigenvalue weighted by molar-refractivity contribution is -0.122. The van der Waals surface area contributed by atoms with Crippen LogP contribution in [0, 0.1) is 0 Å². The van der Waals surface area contributed by atoms with E-state index in [1.165, 1.54) is 6.92 Å². The van der Waals surface area contributed by atoms with Gasteiger partial charge in [-0.25, -0.2) is 13.1 Å². The molecule has 6 nitrogen and oxygen atoms in total. The van der Waals surface area contributed by atoms with Gasteiger partial charge < -0.3 is 5.32 Å². The first-order valence-corrected chi connectivity index (χ1v) is 7.91. The van der Waals surface area contributed by atoms with Crippen LogP contribution < -0.4 is 10.0 Å². The van der Waals surface area contributed by atoms with Gasteiger partial charge in [-0.1, -0.05) is 0 Å². The third-order valence-corrected chi connectivity index (χ3v) is 3.26. The van der Waals surface area contributed by atoms with E-state index in [1.807, 2.05) is 12.1 Å². The number of sulfonamides is 1. The summed E-state index contributed by atoms with van der Waals surface area (Å²) < 4.78 is 24.2. The lowest BCUT2D eigenvalue weighted by Crippen LogP contribution is -2.44. The van der Waals surface area contributed by atoms with Gasteiger partial charge >= 0.3 is 0 Å². The molecule has 1 amide bonds. The van der Waals surface area contributed by atoms with Crippen LogP contribution in [0.5, 0.6) is 0 Å². The number of aryl methyl sites for hydroxylation is 1. The average Bonchev–Trinajstić information content (AvgIpc) is 2.33. The summed E-state index contributed by atoms with van der Waals surface area (Å²) in [5.41, 5.74) is 1.16. The molecule has 106 valence electrons. The Bertz CT molecular complexity index is 502. The van der Waals surface area contributed by atoms with Crippen molar-refractivity contribution in [2.75, 3.05) is 12.8 Å². The first kappa shape index (κ1) is 15.6. The van der Waals surface area contributed by atoms with Gasteiger partial charge in [0.05, 0.1) is 12.3 Å². The molecule has 0 saturated heterocycles. The molecule has 7 heteroatoms. The topological polar surface area (TPSA) is 88.2 Å². The third-order valence-electron chi connectivity index (χ3n) is 2.47. The molecule has 0 radical (unpaired) electrons. The second-order valence-corrected chi connectivity index (χ2v) is 6.14. The van der Waals surface area contributed by atoms with Crippen molar-refractivity contribution in [3.8, 4) is 0 Å². The van der Waals surface area contributed by atoms with E-state index in [2.05, 4.69) is 15.0 Å². The lowest BCUT2D eigenvalue weighted by atomic mass is 10.1. The van der Waals surface area contributed by atoms with Gasteiger partial charge in [-0.05, 0) is 37.5 Å². The molecular weight excluding hydrogens is 266 g/mol. The normalized spacial score (nSPS) is 12.9. The van der Waals surface area contributed by atoms with Crippen LogP contribution in [-0.4, -0.2) is 38.2 Å². The highest BCUT2D eigenvalue weighted by atomic mass is 32.2. The Balaban J connectivity index is 2.24. The fraction of sp³-hybridized carbons (Fsp3) is 0.500. The summed E-state index contributed by atoms with van der Waals surface area (Å²) in [7, 11) is -3.36. The Morgan fingerprint density at radius 2 is 2.00 bits per heavy atom. The van der Waals surface area contributed by atoms with Crippen molar-refractivity contribution in [2.24, 2.45) is 0 Å². The number of pyridine rings is 1. The first-order valence-electron chi connectivity index (χ1n) is 6.02. The van der Waals surface area contributed by atoms with Gasteiger partial charge in [0, 0.05) is 18.9 Å². The predicted octanol–water partition coefficient (Wildman–Crippen LogP) is 0.0681. The number of carbonyl (C=O) groups is 1. The number of carbonyl (C=O) groups excluding carboxylic acids is 1. The molecule has 19 heavy (non-hydrogen) atoms. The van der Waals surface area contributed by atoms with Gasteiger partial charge in [-0.15, -0.1) is 0 Å². The van der Waals surface area contributed by atoms with E-state index in [0.29, 0.717) is 6.54 Å². The minimum absolute atomic E-state index is 0.319. The van der Waals surface area contributed by atoms with Crippen molar-refractivity contribution in [3.63, 3.8) is 0 Å². The monoisotopic (exact) mass is 285 g/mol. The largest absolute Gasteiger partial charge is 0.355 e. The van der Waals surface area contributed by atoms with Gasteiger partial charge in [-0.3, -0.25) is 9.78 Å². The molecule has 1 aromatic rings. The van der Waals surface area contributed by atoms with Crippen LogP contribution >= 0.6 is 0 Å². The summed E-state index contributed by atoms with van der Waals surface area (Å²) >= 11 is 0. The van der Waals surface area contributed by atoms with Crippen LogP contribution in [0.15, 0.2) is 24.5 Å². The molecule has 0 fully saturated rings. The quantitative estimate of drug-likeness (QED) is 0.694. The second-order valence-electron chi connectivity index (χ2n) is 4.36. The molecule has 2 N–H and O–H groups in total. The van der Waals surface area contributed by atoms with E-state index in [-0.39, 0.29) is 5.91 Å². The number of nitrogens with one attached hydrogen (secondary N) is 2. The zero-order chi connectivity index (χ0) is 14.3. The van der Waals surface area contributed by atoms with E-state index >= 15 is 0 Å². The minimum atomic E-state index is -3.36. The maximum absolute atomic E-state index is 11.6. The molecule has 0 aliphatic heterocycles. The standard InChI is InChI=1S/C12H19N3O3S/c1-10(15-19(2,17)18)12(16)14-7-3-4-11-5-8-13-9-6-11/h5-6,8-10,15H,3-4,7H2,1-2H3,(H,14,16)/t10-/m1/s1. The van der Waals surface area contributed by atoms with Crippen molar-refractivity contribution >= 4 is 15.9 Å². The zero-order valence-electron chi connectivity index (χ0n) is 11.1. The first-order chi connectivity index (χ1) is 8.88. The molecule has 0 unspecified atom stereocenters. The van der Waals surface area contributed by atoms with Crippen molar-refractivity contribution in [1.29, 1.82) is 0 Å². The van der Waals surface area contributed by atoms with Crippen LogP contribution in [0.25, 0.3) is 0 Å². The predicted molar refractivity (Wildman–Crippen MR) is 73.0 cm³/mol. The van der Waals surface area contributed by atoms with Crippen molar-refractivity contribution in [3.05, 3.63) is 30.1 Å². The summed E-state index contributed by atoms with van der Waals surface area (Å²) in [5, 5.41) is 2.69. The van der Waals surface area contributed by atoms with E-state index in [1.54, 1.807) is 12.4 Å². The molecule has 1 heterocycles. The lowest BCUT2D eigenvalue weighted by Gasteiger charge is -2.12. The molecule has 0 spiro atoms. The van der Waals surface area contributed by atoms with E-state index < -0.39 is 16.1 Å². The van der Waals surface area contributed by atoms with Crippen molar-refractivity contribution in [2.45, 2.75) is 25.8 Å².